The quantitative estimate of drug-likeness (QED) is 0.619. The second kappa shape index (κ2) is 6.92. The van der Waals surface area contributed by atoms with E-state index < -0.39 is 15.3 Å². The molecule has 0 amide bonds. The Morgan fingerprint density at radius 3 is 2.65 bits per heavy atom. The number of sulfone groups is 1. The fraction of sp³-hybridized carbons (Fsp3) is 0.500. The van der Waals surface area contributed by atoms with E-state index in [1.54, 1.807) is 0 Å². The molecule has 0 aromatic heterocycles. The van der Waals surface area contributed by atoms with Gasteiger partial charge >= 0.3 is 0 Å². The molecule has 1 fully saturated rings. The number of hydrogen-bond acceptors (Lipinski definition) is 3. The predicted molar refractivity (Wildman–Crippen MR) is 80.0 cm³/mol. The Balaban J connectivity index is 1.94. The van der Waals surface area contributed by atoms with Gasteiger partial charge in [0.25, 0.3) is 0 Å². The summed E-state index contributed by atoms with van der Waals surface area (Å²) in [5.74, 6) is 2.69. The van der Waals surface area contributed by atoms with Crippen molar-refractivity contribution in [2.75, 3.05) is 12.4 Å². The van der Waals surface area contributed by atoms with Crippen LogP contribution in [0.2, 0.25) is 0 Å². The van der Waals surface area contributed by atoms with E-state index in [1.165, 1.54) is 0 Å². The highest BCUT2D eigenvalue weighted by molar-refractivity contribution is 7.91. The third-order valence-corrected chi connectivity index (χ3v) is 5.64. The van der Waals surface area contributed by atoms with Gasteiger partial charge in [-0.05, 0) is 24.8 Å². The van der Waals surface area contributed by atoms with Crippen molar-refractivity contribution in [3.63, 3.8) is 0 Å². The van der Waals surface area contributed by atoms with Gasteiger partial charge in [0.15, 0.2) is 15.3 Å². The van der Waals surface area contributed by atoms with Crippen LogP contribution in [-0.2, 0) is 14.6 Å². The molecular weight excluding hydrogens is 272 g/mol. The van der Waals surface area contributed by atoms with Crippen LogP contribution in [-0.4, -0.2) is 26.2 Å². The maximum Gasteiger partial charge on any atom is 0.177 e. The van der Waals surface area contributed by atoms with E-state index in [-0.39, 0.29) is 11.7 Å². The first-order valence-corrected chi connectivity index (χ1v) is 8.66. The van der Waals surface area contributed by atoms with E-state index in [1.807, 2.05) is 30.3 Å². The fourth-order valence-corrected chi connectivity index (χ4v) is 4.36. The lowest BCUT2D eigenvalue weighted by atomic mass is 10.0. The van der Waals surface area contributed by atoms with Crippen molar-refractivity contribution in [3.05, 3.63) is 35.9 Å². The molecule has 2 atom stereocenters. The highest BCUT2D eigenvalue weighted by atomic mass is 32.2. The topological polar surface area (TPSA) is 43.4 Å². The molecule has 0 bridgehead atoms. The summed E-state index contributed by atoms with van der Waals surface area (Å²) in [6, 6.07) is 9.69. The highest BCUT2D eigenvalue weighted by Crippen LogP contribution is 2.28. The van der Waals surface area contributed by atoms with Gasteiger partial charge in [-0.25, -0.2) is 8.42 Å². The zero-order valence-corrected chi connectivity index (χ0v) is 12.3. The van der Waals surface area contributed by atoms with Gasteiger partial charge in [-0.1, -0.05) is 30.3 Å². The molecule has 1 saturated heterocycles. The van der Waals surface area contributed by atoms with Crippen molar-refractivity contribution in [2.45, 2.75) is 37.0 Å². The molecule has 108 valence electrons. The van der Waals surface area contributed by atoms with Crippen LogP contribution < -0.4 is 0 Å². The molecule has 4 heteroatoms. The average molecular weight is 292 g/mol. The highest BCUT2D eigenvalue weighted by Gasteiger charge is 2.35. The molecule has 0 radical (unpaired) electrons. The standard InChI is InChI=1S/C16H20O3S/c1-2-3-4-8-11-16-19-12-15(13-20(16,17)18)14-9-6-5-7-10-14/h1,5-7,9-10,15-16H,3-4,8,11-13H2. The van der Waals surface area contributed by atoms with Crippen LogP contribution in [0, 0.1) is 12.3 Å². The Labute approximate surface area is 121 Å². The lowest BCUT2D eigenvalue weighted by molar-refractivity contribution is 0.0783. The Bertz CT molecular complexity index is 557. The van der Waals surface area contributed by atoms with Gasteiger partial charge in [0.05, 0.1) is 12.4 Å². The number of rotatable bonds is 5. The van der Waals surface area contributed by atoms with Gasteiger partial charge < -0.3 is 4.74 Å². The predicted octanol–water partition coefficient (Wildman–Crippen LogP) is 2.73. The molecule has 1 aliphatic rings. The first kappa shape index (κ1) is 15.1. The summed E-state index contributed by atoms with van der Waals surface area (Å²) in [4.78, 5) is 0. The number of hydrogen-bond donors (Lipinski definition) is 0. The third kappa shape index (κ3) is 3.84. The Hall–Kier alpha value is -1.31. The Morgan fingerprint density at radius 1 is 1.25 bits per heavy atom. The van der Waals surface area contributed by atoms with Crippen LogP contribution in [0.25, 0.3) is 0 Å². The first-order valence-electron chi connectivity index (χ1n) is 6.95. The summed E-state index contributed by atoms with van der Waals surface area (Å²) < 4.78 is 30.1. The van der Waals surface area contributed by atoms with E-state index in [4.69, 9.17) is 11.2 Å². The van der Waals surface area contributed by atoms with Crippen LogP contribution in [0.1, 0.15) is 37.2 Å². The molecule has 0 spiro atoms. The molecular formula is C16H20O3S. The van der Waals surface area contributed by atoms with Gasteiger partial charge in [0.2, 0.25) is 0 Å². The zero-order chi connectivity index (χ0) is 14.4. The summed E-state index contributed by atoms with van der Waals surface area (Å²) >= 11 is 0. The molecule has 1 aromatic carbocycles. The van der Waals surface area contributed by atoms with Gasteiger partial charge in [-0.2, -0.15) is 0 Å². The van der Waals surface area contributed by atoms with Crippen LogP contribution in [0.3, 0.4) is 0 Å². The molecule has 1 aliphatic heterocycles. The number of unbranched alkanes of at least 4 members (excludes halogenated alkanes) is 2. The second-order valence-electron chi connectivity index (χ2n) is 5.15. The van der Waals surface area contributed by atoms with Crippen LogP contribution >= 0.6 is 0 Å². The molecule has 1 heterocycles. The van der Waals surface area contributed by atoms with Crippen molar-refractivity contribution in [1.82, 2.24) is 0 Å². The zero-order valence-electron chi connectivity index (χ0n) is 11.5. The first-order chi connectivity index (χ1) is 9.63. The molecule has 0 N–H and O–H groups in total. The summed E-state index contributed by atoms with van der Waals surface area (Å²) in [5.41, 5.74) is 0.377. The van der Waals surface area contributed by atoms with Crippen molar-refractivity contribution in [2.24, 2.45) is 0 Å². The van der Waals surface area contributed by atoms with E-state index in [0.29, 0.717) is 19.4 Å². The average Bonchev–Trinajstić information content (AvgIpc) is 2.45. The minimum Gasteiger partial charge on any atom is -0.362 e. The van der Waals surface area contributed by atoms with E-state index in [9.17, 15) is 8.42 Å². The number of terminal acetylenes is 1. The molecule has 20 heavy (non-hydrogen) atoms. The minimum absolute atomic E-state index is 0.0526. The summed E-state index contributed by atoms with van der Waals surface area (Å²) in [6.07, 6.45) is 8.08. The molecule has 2 unspecified atom stereocenters. The molecule has 2 rings (SSSR count). The monoisotopic (exact) mass is 292 g/mol. The van der Waals surface area contributed by atoms with E-state index >= 15 is 0 Å². The van der Waals surface area contributed by atoms with Crippen molar-refractivity contribution in [3.8, 4) is 12.3 Å². The maximum atomic E-state index is 12.3. The third-order valence-electron chi connectivity index (χ3n) is 3.60. The van der Waals surface area contributed by atoms with Gasteiger partial charge in [0.1, 0.15) is 0 Å². The number of benzene rings is 1. The van der Waals surface area contributed by atoms with Crippen molar-refractivity contribution < 1.29 is 13.2 Å². The van der Waals surface area contributed by atoms with E-state index in [0.717, 1.165) is 18.4 Å². The largest absolute Gasteiger partial charge is 0.362 e. The van der Waals surface area contributed by atoms with Gasteiger partial charge in [-0.15, -0.1) is 12.3 Å². The Morgan fingerprint density at radius 2 is 2.00 bits per heavy atom. The van der Waals surface area contributed by atoms with Gasteiger partial charge in [0, 0.05) is 12.3 Å². The Kier molecular flexibility index (Phi) is 5.22. The molecule has 3 nitrogen and oxygen atoms in total. The van der Waals surface area contributed by atoms with Crippen LogP contribution in [0.15, 0.2) is 30.3 Å². The maximum absolute atomic E-state index is 12.3. The van der Waals surface area contributed by atoms with Crippen LogP contribution in [0.4, 0.5) is 0 Å². The minimum atomic E-state index is -3.18. The van der Waals surface area contributed by atoms with Gasteiger partial charge in [-0.3, -0.25) is 0 Å². The van der Waals surface area contributed by atoms with Crippen molar-refractivity contribution >= 4 is 9.84 Å². The second-order valence-corrected chi connectivity index (χ2v) is 7.33. The van der Waals surface area contributed by atoms with Crippen LogP contribution in [0.5, 0.6) is 0 Å². The molecule has 0 aliphatic carbocycles. The number of ether oxygens (including phenoxy) is 1. The summed E-state index contributed by atoms with van der Waals surface area (Å²) in [6.45, 7) is 0.475. The molecule has 0 saturated carbocycles. The lowest BCUT2D eigenvalue weighted by Crippen LogP contribution is -2.37. The van der Waals surface area contributed by atoms with Crippen molar-refractivity contribution in [1.29, 1.82) is 0 Å². The lowest BCUT2D eigenvalue weighted by Gasteiger charge is -2.29. The smallest absolute Gasteiger partial charge is 0.177 e. The summed E-state index contributed by atoms with van der Waals surface area (Å²) in [5, 5.41) is 0. The normalized spacial score (nSPS) is 24.9. The molecule has 1 aromatic rings. The SMILES string of the molecule is C#CCCCCC1OCC(c2ccccc2)CS1(=O)=O. The fourth-order valence-electron chi connectivity index (χ4n) is 2.48. The summed E-state index contributed by atoms with van der Waals surface area (Å²) in [7, 11) is -3.18. The van der Waals surface area contributed by atoms with E-state index in [2.05, 4.69) is 5.92 Å².